The number of carbonyl (C=O) groups excluding carboxylic acids is 1. The lowest BCUT2D eigenvalue weighted by molar-refractivity contribution is 0.102. The minimum atomic E-state index is -0.322. The molecule has 2 aromatic rings. The van der Waals surface area contributed by atoms with Crippen LogP contribution in [0.1, 0.15) is 10.4 Å². The van der Waals surface area contributed by atoms with Crippen molar-refractivity contribution in [2.75, 3.05) is 5.32 Å². The molecule has 0 spiro atoms. The lowest BCUT2D eigenvalue weighted by Gasteiger charge is -2.07. The topological polar surface area (TPSA) is 51.1 Å². The van der Waals surface area contributed by atoms with Gasteiger partial charge in [0.05, 0.1) is 15.7 Å². The molecule has 1 amide bonds. The molecule has 0 aliphatic heterocycles. The van der Waals surface area contributed by atoms with Crippen LogP contribution in [0.25, 0.3) is 0 Å². The van der Waals surface area contributed by atoms with Crippen molar-refractivity contribution >= 4 is 34.8 Å². The molecule has 0 unspecified atom stereocenters. The van der Waals surface area contributed by atoms with Gasteiger partial charge in [0.2, 0.25) is 5.56 Å². The molecule has 1 N–H and O–H groups in total. The van der Waals surface area contributed by atoms with Crippen LogP contribution in [0.5, 0.6) is 0 Å². The van der Waals surface area contributed by atoms with Crippen LogP contribution in [0.15, 0.2) is 41.3 Å². The number of pyridine rings is 1. The lowest BCUT2D eigenvalue weighted by Crippen LogP contribution is -2.17. The number of nitrogens with zero attached hydrogens (tertiary/aromatic N) is 1. The summed E-state index contributed by atoms with van der Waals surface area (Å²) in [6, 6.07) is 7.54. The van der Waals surface area contributed by atoms with Gasteiger partial charge in [0, 0.05) is 24.9 Å². The summed E-state index contributed by atoms with van der Waals surface area (Å²) in [6.07, 6.45) is 1.54. The molecule has 0 saturated heterocycles. The van der Waals surface area contributed by atoms with Crippen molar-refractivity contribution in [1.82, 2.24) is 4.57 Å². The predicted molar refractivity (Wildman–Crippen MR) is 76.1 cm³/mol. The number of nitrogens with one attached hydrogen (secondary N) is 1. The molecule has 0 radical (unpaired) electrons. The Morgan fingerprint density at radius 2 is 1.89 bits per heavy atom. The van der Waals surface area contributed by atoms with Gasteiger partial charge in [-0.25, -0.2) is 0 Å². The van der Waals surface area contributed by atoms with Crippen LogP contribution in [0.4, 0.5) is 5.69 Å². The average molecular weight is 297 g/mol. The Labute approximate surface area is 119 Å². The summed E-state index contributed by atoms with van der Waals surface area (Å²) in [5.74, 6) is -0.322. The van der Waals surface area contributed by atoms with E-state index in [0.29, 0.717) is 21.3 Å². The fourth-order valence-electron chi connectivity index (χ4n) is 1.51. The summed E-state index contributed by atoms with van der Waals surface area (Å²) < 4.78 is 1.38. The van der Waals surface area contributed by atoms with Gasteiger partial charge in [-0.3, -0.25) is 9.59 Å². The number of rotatable bonds is 2. The molecule has 98 valence electrons. The summed E-state index contributed by atoms with van der Waals surface area (Å²) in [7, 11) is 1.61. The molecular weight excluding hydrogens is 287 g/mol. The van der Waals surface area contributed by atoms with Crippen LogP contribution in [0.2, 0.25) is 10.0 Å². The van der Waals surface area contributed by atoms with Gasteiger partial charge in [0.1, 0.15) is 0 Å². The van der Waals surface area contributed by atoms with Crippen LogP contribution >= 0.6 is 23.2 Å². The van der Waals surface area contributed by atoms with E-state index in [0.717, 1.165) is 0 Å². The van der Waals surface area contributed by atoms with Gasteiger partial charge in [0.25, 0.3) is 5.91 Å². The van der Waals surface area contributed by atoms with Crippen molar-refractivity contribution in [1.29, 1.82) is 0 Å². The third kappa shape index (κ3) is 3.16. The van der Waals surface area contributed by atoms with Gasteiger partial charge in [-0.1, -0.05) is 23.2 Å². The number of hydrogen-bond acceptors (Lipinski definition) is 2. The third-order valence-corrected chi connectivity index (χ3v) is 3.26. The number of carbonyl (C=O) groups is 1. The van der Waals surface area contributed by atoms with Crippen molar-refractivity contribution in [2.45, 2.75) is 0 Å². The van der Waals surface area contributed by atoms with Crippen molar-refractivity contribution in [3.63, 3.8) is 0 Å². The van der Waals surface area contributed by atoms with E-state index >= 15 is 0 Å². The van der Waals surface area contributed by atoms with Crippen molar-refractivity contribution in [2.24, 2.45) is 7.05 Å². The normalized spacial score (nSPS) is 10.3. The molecule has 0 atom stereocenters. The number of hydrogen-bond donors (Lipinski definition) is 1. The molecule has 1 aromatic carbocycles. The van der Waals surface area contributed by atoms with Crippen LogP contribution in [-0.2, 0) is 7.05 Å². The fourth-order valence-corrected chi connectivity index (χ4v) is 1.81. The van der Waals surface area contributed by atoms with Crippen molar-refractivity contribution in [3.05, 3.63) is 62.5 Å². The second-order valence-corrected chi connectivity index (χ2v) is 4.76. The van der Waals surface area contributed by atoms with E-state index in [1.54, 1.807) is 19.2 Å². The second kappa shape index (κ2) is 5.47. The van der Waals surface area contributed by atoms with Crippen LogP contribution in [0, 0.1) is 0 Å². The highest BCUT2D eigenvalue weighted by atomic mass is 35.5. The maximum absolute atomic E-state index is 12.0. The van der Waals surface area contributed by atoms with Gasteiger partial charge in [-0.2, -0.15) is 0 Å². The Balaban J connectivity index is 2.22. The maximum atomic E-state index is 12.0. The van der Waals surface area contributed by atoms with Gasteiger partial charge >= 0.3 is 0 Å². The first-order valence-electron chi connectivity index (χ1n) is 5.40. The highest BCUT2D eigenvalue weighted by Crippen LogP contribution is 2.23. The number of aromatic nitrogens is 1. The molecule has 19 heavy (non-hydrogen) atoms. The van der Waals surface area contributed by atoms with E-state index in [1.807, 2.05) is 0 Å². The standard InChI is InChI=1S/C13H10Cl2N2O2/c1-17-7-9(3-5-12(17)18)16-13(19)8-2-4-10(14)11(15)6-8/h2-7H,1H3,(H,16,19). The monoisotopic (exact) mass is 296 g/mol. The molecule has 4 nitrogen and oxygen atoms in total. The number of halogens is 2. The Morgan fingerprint density at radius 1 is 1.16 bits per heavy atom. The van der Waals surface area contributed by atoms with E-state index in [1.165, 1.54) is 29.0 Å². The molecule has 0 fully saturated rings. The predicted octanol–water partition coefficient (Wildman–Crippen LogP) is 2.94. The van der Waals surface area contributed by atoms with E-state index in [4.69, 9.17) is 23.2 Å². The van der Waals surface area contributed by atoms with Gasteiger partial charge in [-0.15, -0.1) is 0 Å². The van der Waals surface area contributed by atoms with Crippen LogP contribution in [0.3, 0.4) is 0 Å². The first kappa shape index (κ1) is 13.6. The van der Waals surface area contributed by atoms with Gasteiger partial charge in [-0.05, 0) is 24.3 Å². The molecular formula is C13H10Cl2N2O2. The van der Waals surface area contributed by atoms with E-state index in [-0.39, 0.29) is 11.5 Å². The zero-order valence-electron chi connectivity index (χ0n) is 9.98. The van der Waals surface area contributed by atoms with Gasteiger partial charge in [0.15, 0.2) is 0 Å². The fraction of sp³-hybridized carbons (Fsp3) is 0.0769. The molecule has 1 aromatic heterocycles. The Morgan fingerprint density at radius 3 is 2.53 bits per heavy atom. The smallest absolute Gasteiger partial charge is 0.255 e. The van der Waals surface area contributed by atoms with E-state index in [2.05, 4.69) is 5.32 Å². The zero-order chi connectivity index (χ0) is 14.0. The molecule has 2 rings (SSSR count). The van der Waals surface area contributed by atoms with Crippen molar-refractivity contribution in [3.8, 4) is 0 Å². The zero-order valence-corrected chi connectivity index (χ0v) is 11.5. The molecule has 6 heteroatoms. The molecule has 0 aliphatic rings. The molecule has 1 heterocycles. The van der Waals surface area contributed by atoms with Crippen molar-refractivity contribution < 1.29 is 4.79 Å². The van der Waals surface area contributed by atoms with Gasteiger partial charge < -0.3 is 9.88 Å². The molecule has 0 saturated carbocycles. The van der Waals surface area contributed by atoms with Crippen LogP contribution in [-0.4, -0.2) is 10.5 Å². The highest BCUT2D eigenvalue weighted by molar-refractivity contribution is 6.42. The van der Waals surface area contributed by atoms with E-state index in [9.17, 15) is 9.59 Å². The first-order valence-corrected chi connectivity index (χ1v) is 6.16. The molecule has 0 aliphatic carbocycles. The summed E-state index contributed by atoms with van der Waals surface area (Å²) in [5.41, 5.74) is 0.772. The number of anilines is 1. The second-order valence-electron chi connectivity index (χ2n) is 3.95. The quantitative estimate of drug-likeness (QED) is 0.926. The maximum Gasteiger partial charge on any atom is 0.255 e. The Bertz CT molecular complexity index is 695. The highest BCUT2D eigenvalue weighted by Gasteiger charge is 2.08. The summed E-state index contributed by atoms with van der Waals surface area (Å²) in [5, 5.41) is 3.38. The third-order valence-electron chi connectivity index (χ3n) is 2.53. The lowest BCUT2D eigenvalue weighted by atomic mass is 10.2. The molecule has 0 bridgehead atoms. The summed E-state index contributed by atoms with van der Waals surface area (Å²) >= 11 is 11.6. The number of amides is 1. The van der Waals surface area contributed by atoms with E-state index < -0.39 is 0 Å². The number of benzene rings is 1. The Kier molecular flexibility index (Phi) is 3.93. The Hall–Kier alpha value is -1.78. The summed E-state index contributed by atoms with van der Waals surface area (Å²) in [4.78, 5) is 23.2. The van der Waals surface area contributed by atoms with Crippen LogP contribution < -0.4 is 10.9 Å². The summed E-state index contributed by atoms with van der Waals surface area (Å²) in [6.45, 7) is 0. The minimum Gasteiger partial charge on any atom is -0.321 e. The number of aryl methyl sites for hydroxylation is 1. The SMILES string of the molecule is Cn1cc(NC(=O)c2ccc(Cl)c(Cl)c2)ccc1=O. The minimum absolute atomic E-state index is 0.146. The first-order chi connectivity index (χ1) is 8.97. The average Bonchev–Trinajstić information content (AvgIpc) is 2.37. The largest absolute Gasteiger partial charge is 0.321 e.